The van der Waals surface area contributed by atoms with Crippen LogP contribution in [0.3, 0.4) is 0 Å². The van der Waals surface area contributed by atoms with Crippen LogP contribution in [0.15, 0.2) is 87.5 Å². The van der Waals surface area contributed by atoms with Crippen LogP contribution in [0.25, 0.3) is 0 Å². The molecular formula is C24H21ClN6O4. The number of H-pyrrole nitrogens is 1. The smallest absolute Gasteiger partial charge is 0.335 e. The van der Waals surface area contributed by atoms with Crippen molar-refractivity contribution in [2.75, 3.05) is 7.05 Å². The number of benzene rings is 2. The minimum atomic E-state index is -0.750. The van der Waals surface area contributed by atoms with Gasteiger partial charge in [-0.15, -0.1) is 0 Å². The first-order valence-electron chi connectivity index (χ1n) is 10.6. The van der Waals surface area contributed by atoms with Gasteiger partial charge in [-0.25, -0.2) is 24.1 Å². The first kappa shape index (κ1) is 23.7. The van der Waals surface area contributed by atoms with Crippen molar-refractivity contribution in [3.05, 3.63) is 110 Å². The number of nitrogens with zero attached hydrogens (tertiary/aromatic N) is 4. The zero-order valence-electron chi connectivity index (χ0n) is 18.6. The fraction of sp³-hybridized carbons (Fsp3) is 0.125. The summed E-state index contributed by atoms with van der Waals surface area (Å²) in [6, 6.07) is 19.0. The van der Waals surface area contributed by atoms with E-state index in [0.29, 0.717) is 22.3 Å². The van der Waals surface area contributed by atoms with Gasteiger partial charge in [0.05, 0.1) is 12.2 Å². The molecule has 35 heavy (non-hydrogen) atoms. The van der Waals surface area contributed by atoms with Gasteiger partial charge in [0.15, 0.2) is 0 Å². The molecule has 0 fully saturated rings. The van der Waals surface area contributed by atoms with Gasteiger partial charge in [0.1, 0.15) is 12.3 Å². The molecule has 2 heterocycles. The second-order valence-corrected chi connectivity index (χ2v) is 7.82. The molecule has 0 saturated heterocycles. The van der Waals surface area contributed by atoms with Crippen molar-refractivity contribution in [3.63, 3.8) is 0 Å². The van der Waals surface area contributed by atoms with Crippen LogP contribution in [-0.2, 0) is 17.9 Å². The van der Waals surface area contributed by atoms with Crippen molar-refractivity contribution in [2.24, 2.45) is 4.99 Å². The predicted octanol–water partition coefficient (Wildman–Crippen LogP) is 2.21. The molecule has 0 aliphatic carbocycles. The molecule has 2 aromatic heterocycles. The van der Waals surface area contributed by atoms with E-state index in [1.807, 2.05) is 6.07 Å². The molecule has 4 rings (SSSR count). The number of carbonyl (C=O) groups is 1. The molecule has 0 aliphatic heterocycles. The number of pyridine rings is 1. The maximum atomic E-state index is 13.2. The van der Waals surface area contributed by atoms with E-state index in [1.54, 1.807) is 66.9 Å². The minimum Gasteiger partial charge on any atom is -0.439 e. The molecule has 11 heteroatoms. The van der Waals surface area contributed by atoms with Gasteiger partial charge < -0.3 is 10.1 Å². The Morgan fingerprint density at radius 1 is 1.06 bits per heavy atom. The van der Waals surface area contributed by atoms with Gasteiger partial charge in [0.25, 0.3) is 0 Å². The topological polar surface area (TPSA) is 123 Å². The van der Waals surface area contributed by atoms with Gasteiger partial charge in [0, 0.05) is 24.3 Å². The first-order chi connectivity index (χ1) is 16.9. The summed E-state index contributed by atoms with van der Waals surface area (Å²) in [6.45, 7) is -0.328. The zero-order valence-corrected chi connectivity index (χ0v) is 19.4. The Morgan fingerprint density at radius 3 is 2.46 bits per heavy atom. The molecule has 0 saturated carbocycles. The number of amides is 1. The summed E-state index contributed by atoms with van der Waals surface area (Å²) in [5, 5.41) is 2.96. The zero-order chi connectivity index (χ0) is 24.8. The molecule has 0 unspecified atom stereocenters. The predicted molar refractivity (Wildman–Crippen MR) is 130 cm³/mol. The molecule has 1 amide bonds. The van der Waals surface area contributed by atoms with Gasteiger partial charge in [0.2, 0.25) is 17.4 Å². The SMILES string of the molecule is CNC(=O)Cn1c(=O)[nH]/c(=N\c2ccc(Oc3ccccn3)cc2)n(Cc2ccc(Cl)cc2)c1=O. The molecule has 4 aromatic rings. The maximum Gasteiger partial charge on any atom is 0.335 e. The number of likely N-dealkylation sites (N-methyl/N-ethyl adjacent to an activating group) is 1. The number of halogens is 1. The van der Waals surface area contributed by atoms with E-state index < -0.39 is 23.8 Å². The number of nitrogens with one attached hydrogen (secondary N) is 2. The molecule has 2 N–H and O–H groups in total. The summed E-state index contributed by atoms with van der Waals surface area (Å²) in [7, 11) is 1.42. The number of ether oxygens (including phenoxy) is 1. The van der Waals surface area contributed by atoms with E-state index >= 15 is 0 Å². The van der Waals surface area contributed by atoms with Gasteiger partial charge in [-0.2, -0.15) is 0 Å². The minimum absolute atomic E-state index is 0.0292. The van der Waals surface area contributed by atoms with E-state index in [2.05, 4.69) is 20.3 Å². The van der Waals surface area contributed by atoms with Crippen molar-refractivity contribution in [1.82, 2.24) is 24.4 Å². The number of aromatic nitrogens is 4. The quantitative estimate of drug-likeness (QED) is 0.409. The summed E-state index contributed by atoms with van der Waals surface area (Å²) in [4.78, 5) is 48.8. The van der Waals surface area contributed by atoms with Gasteiger partial charge in [-0.1, -0.05) is 29.8 Å². The maximum absolute atomic E-state index is 13.2. The van der Waals surface area contributed by atoms with E-state index in [1.165, 1.54) is 11.6 Å². The van der Waals surface area contributed by atoms with Crippen LogP contribution in [0.2, 0.25) is 5.02 Å². The summed E-state index contributed by atoms with van der Waals surface area (Å²) in [5.74, 6) is 0.511. The number of hydrogen-bond donors (Lipinski definition) is 2. The number of carbonyl (C=O) groups excluding carboxylic acids is 1. The van der Waals surface area contributed by atoms with Crippen LogP contribution in [-0.4, -0.2) is 32.1 Å². The Labute approximate surface area is 204 Å². The average molecular weight is 493 g/mol. The van der Waals surface area contributed by atoms with Gasteiger partial charge >= 0.3 is 11.4 Å². The van der Waals surface area contributed by atoms with Crippen LogP contribution in [0.1, 0.15) is 5.56 Å². The van der Waals surface area contributed by atoms with Crippen molar-refractivity contribution < 1.29 is 9.53 Å². The Hall–Kier alpha value is -4.44. The molecule has 0 aliphatic rings. The lowest BCUT2D eigenvalue weighted by molar-refractivity contribution is -0.121. The van der Waals surface area contributed by atoms with E-state index in [0.717, 1.165) is 10.1 Å². The number of aromatic amines is 1. The highest BCUT2D eigenvalue weighted by Crippen LogP contribution is 2.22. The summed E-state index contributed by atoms with van der Waals surface area (Å²) in [5.41, 5.74) is -0.171. The van der Waals surface area contributed by atoms with Crippen molar-refractivity contribution in [2.45, 2.75) is 13.1 Å². The summed E-state index contributed by atoms with van der Waals surface area (Å²) in [6.07, 6.45) is 1.63. The summed E-state index contributed by atoms with van der Waals surface area (Å²) >= 11 is 5.97. The van der Waals surface area contributed by atoms with Crippen LogP contribution < -0.4 is 27.1 Å². The first-order valence-corrected chi connectivity index (χ1v) is 10.9. The third-order valence-corrected chi connectivity index (χ3v) is 5.20. The summed E-state index contributed by atoms with van der Waals surface area (Å²) < 4.78 is 7.78. The third-order valence-electron chi connectivity index (χ3n) is 4.95. The van der Waals surface area contributed by atoms with Crippen LogP contribution in [0.4, 0.5) is 5.69 Å². The van der Waals surface area contributed by atoms with Crippen LogP contribution in [0, 0.1) is 0 Å². The number of hydrogen-bond acceptors (Lipinski definition) is 6. The van der Waals surface area contributed by atoms with E-state index in [-0.39, 0.29) is 12.2 Å². The highest BCUT2D eigenvalue weighted by molar-refractivity contribution is 6.30. The van der Waals surface area contributed by atoms with Gasteiger partial charge in [-0.3, -0.25) is 14.3 Å². The Morgan fingerprint density at radius 2 is 1.80 bits per heavy atom. The Bertz CT molecular complexity index is 1510. The lowest BCUT2D eigenvalue weighted by Gasteiger charge is -2.11. The standard InChI is InChI=1S/C24H21ClN6O4/c1-26-20(32)15-31-23(33)29-22(30(24(31)34)14-16-5-7-17(25)8-6-16)28-18-9-11-19(12-10-18)35-21-4-2-3-13-27-21/h2-13H,14-15H2,1H3,(H,26,32)(H,28,29,33). The molecular weight excluding hydrogens is 472 g/mol. The van der Waals surface area contributed by atoms with Crippen molar-refractivity contribution in [3.8, 4) is 11.6 Å². The molecule has 0 bridgehead atoms. The van der Waals surface area contributed by atoms with E-state index in [4.69, 9.17) is 16.3 Å². The largest absolute Gasteiger partial charge is 0.439 e. The average Bonchev–Trinajstić information content (AvgIpc) is 2.87. The highest BCUT2D eigenvalue weighted by atomic mass is 35.5. The van der Waals surface area contributed by atoms with Crippen LogP contribution >= 0.6 is 11.6 Å². The molecule has 0 atom stereocenters. The lowest BCUT2D eigenvalue weighted by atomic mass is 10.2. The van der Waals surface area contributed by atoms with Crippen LogP contribution in [0.5, 0.6) is 11.6 Å². The Balaban J connectivity index is 1.74. The molecule has 0 radical (unpaired) electrons. The second kappa shape index (κ2) is 10.7. The van der Waals surface area contributed by atoms with Crippen molar-refractivity contribution in [1.29, 1.82) is 0 Å². The monoisotopic (exact) mass is 492 g/mol. The Kier molecular flexibility index (Phi) is 7.22. The van der Waals surface area contributed by atoms with Gasteiger partial charge in [-0.05, 0) is 48.0 Å². The molecule has 178 valence electrons. The number of rotatable bonds is 7. The van der Waals surface area contributed by atoms with Crippen molar-refractivity contribution >= 4 is 23.2 Å². The normalized spacial score (nSPS) is 11.3. The molecule has 2 aromatic carbocycles. The third kappa shape index (κ3) is 5.92. The molecule has 10 nitrogen and oxygen atoms in total. The lowest BCUT2D eigenvalue weighted by Crippen LogP contribution is -2.51. The highest BCUT2D eigenvalue weighted by Gasteiger charge is 2.12. The fourth-order valence-electron chi connectivity index (χ4n) is 3.16. The fourth-order valence-corrected chi connectivity index (χ4v) is 3.28. The second-order valence-electron chi connectivity index (χ2n) is 7.38. The van der Waals surface area contributed by atoms with E-state index in [9.17, 15) is 14.4 Å². The molecule has 0 spiro atoms.